The van der Waals surface area contributed by atoms with Crippen molar-refractivity contribution in [3.8, 4) is 17.4 Å². The lowest BCUT2D eigenvalue weighted by Gasteiger charge is -2.21. The van der Waals surface area contributed by atoms with Gasteiger partial charge in [-0.3, -0.25) is 9.29 Å². The third kappa shape index (κ3) is 5.14. The molecule has 0 aliphatic rings. The average Bonchev–Trinajstić information content (AvgIpc) is 3.49. The quantitative estimate of drug-likeness (QED) is 0.336. The molecule has 0 radical (unpaired) electrons. The first-order valence-electron chi connectivity index (χ1n) is 10.9. The van der Waals surface area contributed by atoms with Crippen molar-refractivity contribution in [3.63, 3.8) is 0 Å². The van der Waals surface area contributed by atoms with Crippen LogP contribution in [0.2, 0.25) is 5.02 Å². The Morgan fingerprint density at radius 2 is 1.81 bits per heavy atom. The van der Waals surface area contributed by atoms with Crippen LogP contribution in [0.25, 0.3) is 11.5 Å². The molecule has 0 bridgehead atoms. The number of sulfonamides is 1. The van der Waals surface area contributed by atoms with E-state index in [1.54, 1.807) is 50.5 Å². The molecular weight excluding hydrogens is 510 g/mol. The Bertz CT molecular complexity index is 1460. The highest BCUT2D eigenvalue weighted by Gasteiger charge is 2.33. The first kappa shape index (κ1) is 25.4. The zero-order valence-corrected chi connectivity index (χ0v) is 21.7. The molecule has 4 rings (SSSR count). The van der Waals surface area contributed by atoms with Gasteiger partial charge >= 0.3 is 0 Å². The summed E-state index contributed by atoms with van der Waals surface area (Å²) in [6, 6.07) is 4.52. The summed E-state index contributed by atoms with van der Waals surface area (Å²) < 4.78 is 41.2. The van der Waals surface area contributed by atoms with E-state index in [1.165, 1.54) is 19.5 Å². The first-order chi connectivity index (χ1) is 17.1. The Labute approximate surface area is 212 Å². The lowest BCUT2D eigenvalue weighted by Crippen LogP contribution is -2.32. The molecular formula is C21H24ClN9O4S. The third-order valence-corrected chi connectivity index (χ3v) is 7.69. The summed E-state index contributed by atoms with van der Waals surface area (Å²) >= 11 is 5.86. The van der Waals surface area contributed by atoms with Gasteiger partial charge in [0.2, 0.25) is 27.7 Å². The van der Waals surface area contributed by atoms with Crippen molar-refractivity contribution >= 4 is 27.6 Å². The monoisotopic (exact) mass is 533 g/mol. The second-order valence-electron chi connectivity index (χ2n) is 8.03. The number of aryl methyl sites for hydroxylation is 1. The Morgan fingerprint density at radius 1 is 1.08 bits per heavy atom. The minimum absolute atomic E-state index is 0.0411. The number of pyridine rings is 1. The van der Waals surface area contributed by atoms with Gasteiger partial charge in [-0.15, -0.1) is 10.2 Å². The van der Waals surface area contributed by atoms with E-state index in [4.69, 9.17) is 20.9 Å². The molecule has 4 aromatic rings. The summed E-state index contributed by atoms with van der Waals surface area (Å²) in [5.41, 5.74) is 0.412. The van der Waals surface area contributed by atoms with E-state index in [-0.39, 0.29) is 11.8 Å². The predicted molar refractivity (Wildman–Crippen MR) is 130 cm³/mol. The van der Waals surface area contributed by atoms with E-state index in [0.29, 0.717) is 34.1 Å². The molecule has 4 aromatic heterocycles. The Balaban J connectivity index is 1.73. The van der Waals surface area contributed by atoms with Gasteiger partial charge in [-0.1, -0.05) is 29.7 Å². The predicted octanol–water partition coefficient (Wildman–Crippen LogP) is 3.03. The number of halogens is 1. The maximum atomic E-state index is 13.4. The van der Waals surface area contributed by atoms with Gasteiger partial charge in [0.05, 0.1) is 23.4 Å². The van der Waals surface area contributed by atoms with Crippen LogP contribution in [-0.2, 0) is 10.0 Å². The summed E-state index contributed by atoms with van der Waals surface area (Å²) in [5, 5.41) is 11.7. The maximum absolute atomic E-state index is 13.4. The molecule has 3 unspecified atom stereocenters. The van der Waals surface area contributed by atoms with Crippen molar-refractivity contribution in [2.24, 2.45) is 0 Å². The van der Waals surface area contributed by atoms with Crippen LogP contribution in [0.4, 0.5) is 5.95 Å². The summed E-state index contributed by atoms with van der Waals surface area (Å²) in [7, 11) is -2.49. The second kappa shape index (κ2) is 10.1. The number of nitrogens with one attached hydrogen (secondary N) is 1. The minimum atomic E-state index is -3.98. The summed E-state index contributed by atoms with van der Waals surface area (Å²) in [5.74, 6) is 1.07. The molecule has 36 heavy (non-hydrogen) atoms. The van der Waals surface area contributed by atoms with E-state index >= 15 is 0 Å². The molecule has 0 aromatic carbocycles. The zero-order chi connectivity index (χ0) is 26.0. The number of hydrogen-bond acceptors (Lipinski definition) is 11. The van der Waals surface area contributed by atoms with Crippen LogP contribution in [0.15, 0.2) is 35.1 Å². The van der Waals surface area contributed by atoms with E-state index < -0.39 is 27.2 Å². The minimum Gasteiger partial charge on any atom is -0.481 e. The molecule has 0 aliphatic carbocycles. The van der Waals surface area contributed by atoms with Crippen molar-refractivity contribution < 1.29 is 17.7 Å². The fraction of sp³-hybridized carbons (Fsp3) is 0.381. The number of anilines is 1. The second-order valence-corrected chi connectivity index (χ2v) is 10.5. The lowest BCUT2D eigenvalue weighted by atomic mass is 10.1. The van der Waals surface area contributed by atoms with E-state index in [2.05, 4.69) is 40.0 Å². The lowest BCUT2D eigenvalue weighted by molar-refractivity contribution is 0.381. The normalized spacial score (nSPS) is 14.3. The first-order valence-corrected chi connectivity index (χ1v) is 12.8. The third-order valence-electron chi connectivity index (χ3n) is 5.64. The fourth-order valence-electron chi connectivity index (χ4n) is 3.41. The highest BCUT2D eigenvalue weighted by atomic mass is 35.5. The Morgan fingerprint density at radius 3 is 2.44 bits per heavy atom. The molecule has 1 N–H and O–H groups in total. The van der Waals surface area contributed by atoms with Crippen LogP contribution < -0.4 is 9.46 Å². The molecule has 4 heterocycles. The number of aromatic nitrogens is 8. The van der Waals surface area contributed by atoms with Crippen molar-refractivity contribution in [1.82, 2.24) is 39.9 Å². The molecule has 0 saturated heterocycles. The molecule has 3 atom stereocenters. The van der Waals surface area contributed by atoms with Gasteiger partial charge in [-0.2, -0.15) is 4.98 Å². The van der Waals surface area contributed by atoms with Crippen molar-refractivity contribution in [1.29, 1.82) is 0 Å². The van der Waals surface area contributed by atoms with Gasteiger partial charge < -0.3 is 9.26 Å². The number of methoxy groups -OCH3 is 1. The van der Waals surface area contributed by atoms with E-state index in [9.17, 15) is 8.42 Å². The van der Waals surface area contributed by atoms with Crippen molar-refractivity contribution in [2.45, 2.75) is 44.9 Å². The van der Waals surface area contributed by atoms with E-state index in [0.717, 1.165) is 0 Å². The van der Waals surface area contributed by atoms with Gasteiger partial charge in [0, 0.05) is 31.3 Å². The molecule has 0 spiro atoms. The van der Waals surface area contributed by atoms with Crippen molar-refractivity contribution in [3.05, 3.63) is 53.2 Å². The smallest absolute Gasteiger partial charge is 0.239 e. The van der Waals surface area contributed by atoms with Gasteiger partial charge in [0.1, 0.15) is 11.5 Å². The number of rotatable bonds is 9. The molecule has 0 amide bonds. The number of nitrogens with zero attached hydrogens (tertiary/aromatic N) is 8. The highest BCUT2D eigenvalue weighted by molar-refractivity contribution is 7.93. The maximum Gasteiger partial charge on any atom is 0.239 e. The van der Waals surface area contributed by atoms with Crippen LogP contribution in [0, 0.1) is 6.92 Å². The SMILES string of the molecule is COc1cccc(-c2nnc(NS(=O)(=O)C(C)C(C)c3ncc(Cl)cn3)n2C(C)c2noc(C)n2)n1. The molecule has 0 aliphatic heterocycles. The summed E-state index contributed by atoms with van der Waals surface area (Å²) in [6.07, 6.45) is 2.84. The largest absolute Gasteiger partial charge is 0.481 e. The summed E-state index contributed by atoms with van der Waals surface area (Å²) in [6.45, 7) is 6.70. The highest BCUT2D eigenvalue weighted by Crippen LogP contribution is 2.30. The average molecular weight is 534 g/mol. The summed E-state index contributed by atoms with van der Waals surface area (Å²) in [4.78, 5) is 17.0. The Kier molecular flexibility index (Phi) is 7.17. The van der Waals surface area contributed by atoms with Gasteiger partial charge in [0.15, 0.2) is 11.6 Å². The molecule has 190 valence electrons. The van der Waals surface area contributed by atoms with Crippen LogP contribution >= 0.6 is 11.6 Å². The van der Waals surface area contributed by atoms with Crippen LogP contribution in [0.5, 0.6) is 5.88 Å². The fourth-order valence-corrected chi connectivity index (χ4v) is 4.75. The van der Waals surface area contributed by atoms with E-state index in [1.807, 2.05) is 0 Å². The molecule has 0 saturated carbocycles. The molecule has 0 fully saturated rings. The van der Waals surface area contributed by atoms with Gasteiger partial charge in [0.25, 0.3) is 0 Å². The number of hydrogen-bond donors (Lipinski definition) is 1. The molecule has 13 nitrogen and oxygen atoms in total. The van der Waals surface area contributed by atoms with Crippen LogP contribution in [0.1, 0.15) is 50.3 Å². The van der Waals surface area contributed by atoms with Crippen LogP contribution in [0.3, 0.4) is 0 Å². The Hall–Kier alpha value is -3.65. The molecule has 15 heteroatoms. The standard InChI is InChI=1S/C21H24ClN9O4S/c1-11(18-23-9-15(22)10-24-18)13(3)36(32,33)30-21-28-27-20(16-7-6-8-17(26-16)34-5)31(21)12(2)19-25-14(4)35-29-19/h6-13H,1-5H3,(H,28,30). The van der Waals surface area contributed by atoms with Gasteiger partial charge in [-0.25, -0.2) is 23.4 Å². The zero-order valence-electron chi connectivity index (χ0n) is 20.1. The van der Waals surface area contributed by atoms with Gasteiger partial charge in [-0.05, 0) is 19.9 Å². The van der Waals surface area contributed by atoms with Crippen molar-refractivity contribution in [2.75, 3.05) is 11.8 Å². The van der Waals surface area contributed by atoms with Crippen LogP contribution in [-0.4, -0.2) is 60.6 Å². The number of ether oxygens (including phenoxy) is 1. The topological polar surface area (TPSA) is 164 Å².